The van der Waals surface area contributed by atoms with E-state index in [1.54, 1.807) is 11.3 Å². The number of thiophene rings is 1. The highest BCUT2D eigenvalue weighted by molar-refractivity contribution is 7.13. The Balaban J connectivity index is 1.93. The van der Waals surface area contributed by atoms with Gasteiger partial charge in [0.15, 0.2) is 0 Å². The maximum absolute atomic E-state index is 12.3. The zero-order valence-electron chi connectivity index (χ0n) is 11.4. The van der Waals surface area contributed by atoms with Crippen molar-refractivity contribution >= 4 is 17.2 Å². The number of amides is 1. The molecule has 0 N–H and O–H groups in total. The van der Waals surface area contributed by atoms with Gasteiger partial charge in [0.05, 0.1) is 17.0 Å². The third-order valence-corrected chi connectivity index (χ3v) is 4.52. The molecule has 2 rings (SSSR count). The van der Waals surface area contributed by atoms with Gasteiger partial charge in [-0.1, -0.05) is 6.92 Å². The van der Waals surface area contributed by atoms with E-state index < -0.39 is 0 Å². The number of nitriles is 1. The van der Waals surface area contributed by atoms with E-state index in [9.17, 15) is 4.79 Å². The summed E-state index contributed by atoms with van der Waals surface area (Å²) < 4.78 is 0. The van der Waals surface area contributed by atoms with Crippen molar-refractivity contribution in [3.05, 3.63) is 21.9 Å². The van der Waals surface area contributed by atoms with Gasteiger partial charge in [0, 0.05) is 31.1 Å². The normalized spacial score (nSPS) is 18.1. The van der Waals surface area contributed by atoms with E-state index in [0.717, 1.165) is 29.3 Å². The smallest absolute Gasteiger partial charge is 0.264 e. The van der Waals surface area contributed by atoms with Crippen LogP contribution < -0.4 is 0 Å². The van der Waals surface area contributed by atoms with E-state index in [1.165, 1.54) is 0 Å². The molecule has 1 unspecified atom stereocenters. The summed E-state index contributed by atoms with van der Waals surface area (Å²) in [5, 5.41) is 9.06. The SMILES string of the molecule is CCC(C#N)N1CCN(C(=O)c2ccc(C)s2)CC1. The summed E-state index contributed by atoms with van der Waals surface area (Å²) in [4.78, 5) is 18.3. The van der Waals surface area contributed by atoms with Crippen LogP contribution in [0.2, 0.25) is 0 Å². The molecule has 0 bridgehead atoms. The van der Waals surface area contributed by atoms with Crippen LogP contribution in [0, 0.1) is 18.3 Å². The van der Waals surface area contributed by atoms with Crippen molar-refractivity contribution < 1.29 is 4.79 Å². The third-order valence-electron chi connectivity index (χ3n) is 3.53. The predicted octanol–water partition coefficient (Wildman–Crippen LogP) is 2.12. The molecule has 1 atom stereocenters. The van der Waals surface area contributed by atoms with Crippen molar-refractivity contribution in [3.8, 4) is 6.07 Å². The molecule has 4 nitrogen and oxygen atoms in total. The van der Waals surface area contributed by atoms with Gasteiger partial charge in [-0.3, -0.25) is 9.69 Å². The largest absolute Gasteiger partial charge is 0.335 e. The molecular formula is C14H19N3OS. The number of carbonyl (C=O) groups excluding carboxylic acids is 1. The molecule has 1 aromatic heterocycles. The van der Waals surface area contributed by atoms with Crippen LogP contribution in [0.4, 0.5) is 0 Å². The van der Waals surface area contributed by atoms with E-state index in [-0.39, 0.29) is 11.9 Å². The second-order valence-electron chi connectivity index (χ2n) is 4.79. The van der Waals surface area contributed by atoms with Crippen LogP contribution in [0.3, 0.4) is 0 Å². The molecule has 2 heterocycles. The van der Waals surface area contributed by atoms with Crippen molar-refractivity contribution in [2.24, 2.45) is 0 Å². The molecule has 1 aromatic rings. The van der Waals surface area contributed by atoms with Gasteiger partial charge in [0.1, 0.15) is 0 Å². The average Bonchev–Trinajstić information content (AvgIpc) is 2.87. The van der Waals surface area contributed by atoms with Crippen molar-refractivity contribution in [1.82, 2.24) is 9.80 Å². The summed E-state index contributed by atoms with van der Waals surface area (Å²) in [5.74, 6) is 0.128. The summed E-state index contributed by atoms with van der Waals surface area (Å²) in [6, 6.07) is 6.20. The quantitative estimate of drug-likeness (QED) is 0.850. The number of aryl methyl sites for hydroxylation is 1. The van der Waals surface area contributed by atoms with E-state index >= 15 is 0 Å². The van der Waals surface area contributed by atoms with Gasteiger partial charge >= 0.3 is 0 Å². The first-order chi connectivity index (χ1) is 9.15. The topological polar surface area (TPSA) is 47.3 Å². The molecule has 102 valence electrons. The minimum Gasteiger partial charge on any atom is -0.335 e. The standard InChI is InChI=1S/C14H19N3OS/c1-3-12(10-15)16-6-8-17(9-7-16)14(18)13-5-4-11(2)19-13/h4-5,12H,3,6-9H2,1-2H3. The Morgan fingerprint density at radius 1 is 1.42 bits per heavy atom. The lowest BCUT2D eigenvalue weighted by molar-refractivity contribution is 0.0609. The maximum Gasteiger partial charge on any atom is 0.264 e. The maximum atomic E-state index is 12.3. The summed E-state index contributed by atoms with van der Waals surface area (Å²) in [7, 11) is 0. The van der Waals surface area contributed by atoms with E-state index in [0.29, 0.717) is 13.1 Å². The third kappa shape index (κ3) is 3.14. The molecule has 0 radical (unpaired) electrons. The summed E-state index contributed by atoms with van der Waals surface area (Å²) >= 11 is 1.55. The number of hydrogen-bond acceptors (Lipinski definition) is 4. The molecule has 0 spiro atoms. The van der Waals surface area contributed by atoms with Crippen LogP contribution in [0.5, 0.6) is 0 Å². The van der Waals surface area contributed by atoms with Crippen LogP contribution >= 0.6 is 11.3 Å². The number of carbonyl (C=O) groups is 1. The molecule has 5 heteroatoms. The molecule has 0 aliphatic carbocycles. The zero-order valence-corrected chi connectivity index (χ0v) is 12.2. The molecule has 0 saturated carbocycles. The van der Waals surface area contributed by atoms with Crippen molar-refractivity contribution in [3.63, 3.8) is 0 Å². The van der Waals surface area contributed by atoms with Gasteiger partial charge in [0.25, 0.3) is 5.91 Å². The lowest BCUT2D eigenvalue weighted by Crippen LogP contribution is -2.51. The predicted molar refractivity (Wildman–Crippen MR) is 76.2 cm³/mol. The van der Waals surface area contributed by atoms with Gasteiger partial charge in [-0.15, -0.1) is 11.3 Å². The molecule has 19 heavy (non-hydrogen) atoms. The fourth-order valence-electron chi connectivity index (χ4n) is 2.37. The van der Waals surface area contributed by atoms with Crippen LogP contribution in [0.25, 0.3) is 0 Å². The fraction of sp³-hybridized carbons (Fsp3) is 0.571. The second-order valence-corrected chi connectivity index (χ2v) is 6.08. The van der Waals surface area contributed by atoms with Gasteiger partial charge in [0.2, 0.25) is 0 Å². The molecule has 1 aliphatic heterocycles. The van der Waals surface area contributed by atoms with Crippen LogP contribution in [0.15, 0.2) is 12.1 Å². The second kappa shape index (κ2) is 6.18. The number of nitrogens with zero attached hydrogens (tertiary/aromatic N) is 3. The Bertz CT molecular complexity index is 483. The summed E-state index contributed by atoms with van der Waals surface area (Å²) in [6.45, 7) is 7.06. The Morgan fingerprint density at radius 2 is 2.11 bits per heavy atom. The Hall–Kier alpha value is -1.38. The van der Waals surface area contributed by atoms with E-state index in [2.05, 4.69) is 11.0 Å². The van der Waals surface area contributed by atoms with Crippen LogP contribution in [0.1, 0.15) is 27.9 Å². The molecule has 1 amide bonds. The molecular weight excluding hydrogens is 258 g/mol. The fourth-order valence-corrected chi connectivity index (χ4v) is 3.21. The Kier molecular flexibility index (Phi) is 4.56. The minimum absolute atomic E-state index is 0.0127. The summed E-state index contributed by atoms with van der Waals surface area (Å²) in [5.41, 5.74) is 0. The molecule has 1 aliphatic rings. The van der Waals surface area contributed by atoms with Gasteiger partial charge < -0.3 is 4.90 Å². The number of piperazine rings is 1. The van der Waals surface area contributed by atoms with Gasteiger partial charge in [-0.25, -0.2) is 0 Å². The van der Waals surface area contributed by atoms with Gasteiger partial charge in [-0.05, 0) is 25.5 Å². The molecule has 1 fully saturated rings. The first-order valence-corrected chi connectivity index (χ1v) is 7.46. The Labute approximate surface area is 118 Å². The highest BCUT2D eigenvalue weighted by atomic mass is 32.1. The van der Waals surface area contributed by atoms with Crippen molar-refractivity contribution in [2.75, 3.05) is 26.2 Å². The Morgan fingerprint density at radius 3 is 2.58 bits per heavy atom. The lowest BCUT2D eigenvalue weighted by atomic mass is 10.2. The molecule has 1 saturated heterocycles. The first-order valence-electron chi connectivity index (χ1n) is 6.65. The lowest BCUT2D eigenvalue weighted by Gasteiger charge is -2.36. The van der Waals surface area contributed by atoms with Gasteiger partial charge in [-0.2, -0.15) is 5.26 Å². The van der Waals surface area contributed by atoms with Crippen LogP contribution in [-0.2, 0) is 0 Å². The molecule has 0 aromatic carbocycles. The monoisotopic (exact) mass is 277 g/mol. The van der Waals surface area contributed by atoms with Crippen molar-refractivity contribution in [2.45, 2.75) is 26.3 Å². The van der Waals surface area contributed by atoms with Crippen molar-refractivity contribution in [1.29, 1.82) is 5.26 Å². The minimum atomic E-state index is -0.0127. The van der Waals surface area contributed by atoms with Crippen LogP contribution in [-0.4, -0.2) is 47.9 Å². The van der Waals surface area contributed by atoms with E-state index in [1.807, 2.05) is 30.9 Å². The summed E-state index contributed by atoms with van der Waals surface area (Å²) in [6.07, 6.45) is 0.842. The number of rotatable bonds is 3. The zero-order chi connectivity index (χ0) is 13.8. The average molecular weight is 277 g/mol. The first kappa shape index (κ1) is 14.0. The highest BCUT2D eigenvalue weighted by Gasteiger charge is 2.26. The van der Waals surface area contributed by atoms with E-state index in [4.69, 9.17) is 5.26 Å². The number of hydrogen-bond donors (Lipinski definition) is 0. The highest BCUT2D eigenvalue weighted by Crippen LogP contribution is 2.18.